The molecule has 2 rings (SSSR count). The normalized spacial score (nSPS) is 17.5. The molecule has 1 heterocycles. The van der Waals surface area contributed by atoms with Crippen molar-refractivity contribution in [1.29, 1.82) is 0 Å². The van der Waals surface area contributed by atoms with Crippen molar-refractivity contribution >= 4 is 17.5 Å². The Kier molecular flexibility index (Phi) is 5.95. The van der Waals surface area contributed by atoms with Crippen LogP contribution in [0.25, 0.3) is 0 Å². The average molecular weight is 303 g/mol. The summed E-state index contributed by atoms with van der Waals surface area (Å²) in [6.45, 7) is 5.42. The third kappa shape index (κ3) is 5.15. The predicted octanol–water partition coefficient (Wildman–Crippen LogP) is 2.04. The number of amides is 2. The van der Waals surface area contributed by atoms with Crippen LogP contribution in [0.4, 0.5) is 5.69 Å². The van der Waals surface area contributed by atoms with Crippen molar-refractivity contribution in [2.45, 2.75) is 45.7 Å². The van der Waals surface area contributed by atoms with Gasteiger partial charge >= 0.3 is 0 Å². The Balaban J connectivity index is 1.85. The fourth-order valence-corrected chi connectivity index (χ4v) is 2.56. The van der Waals surface area contributed by atoms with Gasteiger partial charge in [0.15, 0.2) is 0 Å². The molecule has 5 nitrogen and oxygen atoms in total. The standard InChI is InChI=1S/C17H25N3O2/c1-12(2)9-16(21)20-14-6-3-5-13(10-14)11-19-17(22)15-7-4-8-18-15/h3,5-6,10,12,15,18H,4,7-9,11H2,1-2H3,(H,19,22)(H,20,21). The van der Waals surface area contributed by atoms with E-state index >= 15 is 0 Å². The number of carbonyl (C=O) groups excluding carboxylic acids is 2. The number of carbonyl (C=O) groups is 2. The smallest absolute Gasteiger partial charge is 0.237 e. The summed E-state index contributed by atoms with van der Waals surface area (Å²) >= 11 is 0. The largest absolute Gasteiger partial charge is 0.351 e. The van der Waals surface area contributed by atoms with E-state index < -0.39 is 0 Å². The molecular formula is C17H25N3O2. The zero-order valence-corrected chi connectivity index (χ0v) is 13.3. The number of hydrogen-bond donors (Lipinski definition) is 3. The van der Waals surface area contributed by atoms with Crippen LogP contribution in [0, 0.1) is 5.92 Å². The second-order valence-electron chi connectivity index (χ2n) is 6.21. The van der Waals surface area contributed by atoms with Crippen molar-refractivity contribution in [3.63, 3.8) is 0 Å². The molecule has 0 radical (unpaired) electrons. The third-order valence-electron chi connectivity index (χ3n) is 3.65. The van der Waals surface area contributed by atoms with Crippen LogP contribution >= 0.6 is 0 Å². The summed E-state index contributed by atoms with van der Waals surface area (Å²) in [5.41, 5.74) is 1.75. The lowest BCUT2D eigenvalue weighted by atomic mass is 10.1. The molecule has 1 aliphatic heterocycles. The van der Waals surface area contributed by atoms with E-state index in [2.05, 4.69) is 16.0 Å². The lowest BCUT2D eigenvalue weighted by molar-refractivity contribution is -0.123. The number of nitrogens with one attached hydrogen (secondary N) is 3. The monoisotopic (exact) mass is 303 g/mol. The molecule has 1 saturated heterocycles. The molecule has 1 atom stereocenters. The summed E-state index contributed by atoms with van der Waals surface area (Å²) in [6, 6.07) is 7.54. The van der Waals surface area contributed by atoms with Gasteiger partial charge in [-0.2, -0.15) is 0 Å². The number of hydrogen-bond acceptors (Lipinski definition) is 3. The highest BCUT2D eigenvalue weighted by molar-refractivity contribution is 5.90. The molecule has 0 spiro atoms. The van der Waals surface area contributed by atoms with Crippen LogP contribution in [0.5, 0.6) is 0 Å². The minimum atomic E-state index is -0.0612. The molecule has 3 N–H and O–H groups in total. The molecule has 1 aromatic rings. The molecule has 0 aromatic heterocycles. The quantitative estimate of drug-likeness (QED) is 0.753. The molecule has 120 valence electrons. The van der Waals surface area contributed by atoms with Crippen molar-refractivity contribution < 1.29 is 9.59 Å². The SMILES string of the molecule is CC(C)CC(=O)Nc1cccc(CNC(=O)C2CCCN2)c1. The zero-order valence-electron chi connectivity index (χ0n) is 13.3. The number of anilines is 1. The van der Waals surface area contributed by atoms with Crippen LogP contribution in [0.15, 0.2) is 24.3 Å². The lowest BCUT2D eigenvalue weighted by Crippen LogP contribution is -2.40. The molecular weight excluding hydrogens is 278 g/mol. The summed E-state index contributed by atoms with van der Waals surface area (Å²) in [6.07, 6.45) is 2.46. The van der Waals surface area contributed by atoms with Crippen LogP contribution in [0.2, 0.25) is 0 Å². The van der Waals surface area contributed by atoms with E-state index in [1.54, 1.807) is 0 Å². The van der Waals surface area contributed by atoms with Gasteiger partial charge in [-0.15, -0.1) is 0 Å². The summed E-state index contributed by atoms with van der Waals surface area (Å²) in [4.78, 5) is 23.7. The molecule has 0 bridgehead atoms. The van der Waals surface area contributed by atoms with Gasteiger partial charge in [0.1, 0.15) is 0 Å². The fourth-order valence-electron chi connectivity index (χ4n) is 2.56. The topological polar surface area (TPSA) is 70.2 Å². The van der Waals surface area contributed by atoms with Crippen molar-refractivity contribution in [3.05, 3.63) is 29.8 Å². The summed E-state index contributed by atoms with van der Waals surface area (Å²) in [5.74, 6) is 0.402. The van der Waals surface area contributed by atoms with Gasteiger partial charge in [0.05, 0.1) is 6.04 Å². The third-order valence-corrected chi connectivity index (χ3v) is 3.65. The van der Waals surface area contributed by atoms with Gasteiger partial charge in [0.25, 0.3) is 0 Å². The summed E-state index contributed by atoms with van der Waals surface area (Å²) in [7, 11) is 0. The van der Waals surface area contributed by atoms with Crippen LogP contribution in [0.1, 0.15) is 38.7 Å². The Labute approximate surface area is 131 Å². The highest BCUT2D eigenvalue weighted by Crippen LogP contribution is 2.12. The first-order valence-corrected chi connectivity index (χ1v) is 7.94. The van der Waals surface area contributed by atoms with Gasteiger partial charge < -0.3 is 16.0 Å². The van der Waals surface area contributed by atoms with Gasteiger partial charge in [0, 0.05) is 18.7 Å². The Morgan fingerprint density at radius 3 is 2.86 bits per heavy atom. The first kappa shape index (κ1) is 16.5. The van der Waals surface area contributed by atoms with E-state index in [0.717, 1.165) is 30.6 Å². The summed E-state index contributed by atoms with van der Waals surface area (Å²) in [5, 5.41) is 9.01. The fraction of sp³-hybridized carbons (Fsp3) is 0.529. The van der Waals surface area contributed by atoms with E-state index in [0.29, 0.717) is 18.9 Å². The maximum Gasteiger partial charge on any atom is 0.237 e. The van der Waals surface area contributed by atoms with Gasteiger partial charge in [-0.25, -0.2) is 0 Å². The van der Waals surface area contributed by atoms with Crippen molar-refractivity contribution in [2.75, 3.05) is 11.9 Å². The molecule has 1 unspecified atom stereocenters. The van der Waals surface area contributed by atoms with Crippen molar-refractivity contribution in [1.82, 2.24) is 10.6 Å². The summed E-state index contributed by atoms with van der Waals surface area (Å²) < 4.78 is 0. The van der Waals surface area contributed by atoms with Gasteiger partial charge in [-0.3, -0.25) is 9.59 Å². The van der Waals surface area contributed by atoms with Crippen LogP contribution in [-0.2, 0) is 16.1 Å². The van der Waals surface area contributed by atoms with Crippen LogP contribution in [0.3, 0.4) is 0 Å². The second-order valence-corrected chi connectivity index (χ2v) is 6.21. The van der Waals surface area contributed by atoms with E-state index in [4.69, 9.17) is 0 Å². The molecule has 5 heteroatoms. The Morgan fingerprint density at radius 1 is 1.36 bits per heavy atom. The average Bonchev–Trinajstić information content (AvgIpc) is 2.98. The lowest BCUT2D eigenvalue weighted by Gasteiger charge is -2.12. The first-order chi connectivity index (χ1) is 10.5. The Hall–Kier alpha value is -1.88. The molecule has 1 fully saturated rings. The number of rotatable bonds is 6. The van der Waals surface area contributed by atoms with Crippen molar-refractivity contribution in [3.8, 4) is 0 Å². The van der Waals surface area contributed by atoms with E-state index in [1.165, 1.54) is 0 Å². The minimum absolute atomic E-state index is 0.0198. The van der Waals surface area contributed by atoms with Crippen molar-refractivity contribution in [2.24, 2.45) is 5.92 Å². The maximum atomic E-state index is 12.0. The number of benzene rings is 1. The molecule has 0 saturated carbocycles. The molecule has 1 aromatic carbocycles. The predicted molar refractivity (Wildman–Crippen MR) is 87.4 cm³/mol. The van der Waals surface area contributed by atoms with Crippen LogP contribution in [-0.4, -0.2) is 24.4 Å². The van der Waals surface area contributed by atoms with Gasteiger partial charge in [0.2, 0.25) is 11.8 Å². The highest BCUT2D eigenvalue weighted by Gasteiger charge is 2.21. The molecule has 22 heavy (non-hydrogen) atoms. The second kappa shape index (κ2) is 7.94. The molecule has 2 amide bonds. The Morgan fingerprint density at radius 2 is 2.18 bits per heavy atom. The minimum Gasteiger partial charge on any atom is -0.351 e. The molecule has 0 aliphatic carbocycles. The highest BCUT2D eigenvalue weighted by atomic mass is 16.2. The van der Waals surface area contributed by atoms with E-state index in [1.807, 2.05) is 38.1 Å². The molecule has 1 aliphatic rings. The first-order valence-electron chi connectivity index (χ1n) is 7.94. The van der Waals surface area contributed by atoms with E-state index in [9.17, 15) is 9.59 Å². The van der Waals surface area contributed by atoms with Crippen LogP contribution < -0.4 is 16.0 Å². The zero-order chi connectivity index (χ0) is 15.9. The van der Waals surface area contributed by atoms with E-state index in [-0.39, 0.29) is 17.9 Å². The van der Waals surface area contributed by atoms with Gasteiger partial charge in [-0.05, 0) is 43.0 Å². The van der Waals surface area contributed by atoms with Gasteiger partial charge in [-0.1, -0.05) is 26.0 Å². The Bertz CT molecular complexity index is 522. The maximum absolute atomic E-state index is 12.0.